The number of nitrogens with two attached hydrogens (primary N) is 1. The van der Waals surface area contributed by atoms with E-state index in [1.807, 2.05) is 72.3 Å². The van der Waals surface area contributed by atoms with Gasteiger partial charge in [0.2, 0.25) is 11.2 Å². The largest absolute Gasteiger partial charge is 0.502 e. The summed E-state index contributed by atoms with van der Waals surface area (Å²) in [4.78, 5) is 15.1. The number of hydrogen-bond donors (Lipinski definition) is 4. The Balaban J connectivity index is 1.15. The summed E-state index contributed by atoms with van der Waals surface area (Å²) in [6.45, 7) is 5.79. The second-order valence-corrected chi connectivity index (χ2v) is 11.4. The summed E-state index contributed by atoms with van der Waals surface area (Å²) in [5.74, 6) is 0.406. The van der Waals surface area contributed by atoms with Crippen molar-refractivity contribution in [3.05, 3.63) is 76.7 Å². The van der Waals surface area contributed by atoms with E-state index in [1.54, 1.807) is 12.1 Å². The van der Waals surface area contributed by atoms with E-state index < -0.39 is 11.2 Å². The summed E-state index contributed by atoms with van der Waals surface area (Å²) in [7, 11) is 3.90. The predicted molar refractivity (Wildman–Crippen MR) is 179 cm³/mol. The number of hydrogen-bond acceptors (Lipinski definition) is 10. The van der Waals surface area contributed by atoms with Crippen molar-refractivity contribution >= 4 is 27.4 Å². The number of nitrogens with zero attached hydrogens (tertiary/aromatic N) is 4. The number of ether oxygens (including phenoxy) is 1. The van der Waals surface area contributed by atoms with Crippen LogP contribution < -0.4 is 31.4 Å². The van der Waals surface area contributed by atoms with Gasteiger partial charge in [0.1, 0.15) is 23.6 Å². The zero-order chi connectivity index (χ0) is 31.6. The molecule has 0 aliphatic rings. The lowest BCUT2D eigenvalue weighted by Gasteiger charge is -2.13. The lowest BCUT2D eigenvalue weighted by Crippen LogP contribution is -2.22. The Labute approximate surface area is 263 Å². The van der Waals surface area contributed by atoms with Gasteiger partial charge in [0.15, 0.2) is 5.76 Å². The van der Waals surface area contributed by atoms with Crippen LogP contribution in [0.25, 0.3) is 33.1 Å². The van der Waals surface area contributed by atoms with Crippen molar-refractivity contribution in [2.24, 2.45) is 5.73 Å². The van der Waals surface area contributed by atoms with Crippen LogP contribution in [0.2, 0.25) is 0 Å². The fourth-order valence-corrected chi connectivity index (χ4v) is 5.12. The van der Waals surface area contributed by atoms with Crippen molar-refractivity contribution in [2.75, 3.05) is 51.7 Å². The minimum absolute atomic E-state index is 0.144. The highest BCUT2D eigenvalue weighted by atomic mass is 16.5. The Bertz CT molecular complexity index is 1750. The number of anilines is 1. The summed E-state index contributed by atoms with van der Waals surface area (Å²) >= 11 is 0. The Hall–Kier alpha value is -4.45. The van der Waals surface area contributed by atoms with E-state index >= 15 is 0 Å². The number of nitrogens with one attached hydrogen (secondary N) is 2. The molecule has 45 heavy (non-hydrogen) atoms. The molecule has 0 atom stereocenters. The maximum Gasteiger partial charge on any atom is 0.235 e. The topological polar surface area (TPSA) is 144 Å². The van der Waals surface area contributed by atoms with Gasteiger partial charge in [-0.1, -0.05) is 11.3 Å². The Morgan fingerprint density at radius 2 is 1.67 bits per heavy atom. The van der Waals surface area contributed by atoms with Crippen LogP contribution in [0.1, 0.15) is 31.4 Å². The van der Waals surface area contributed by atoms with Crippen molar-refractivity contribution in [2.45, 2.75) is 38.8 Å². The van der Waals surface area contributed by atoms with Crippen LogP contribution in [0.4, 0.5) is 5.69 Å². The van der Waals surface area contributed by atoms with Crippen LogP contribution in [0.15, 0.2) is 70.0 Å². The van der Waals surface area contributed by atoms with E-state index in [0.29, 0.717) is 22.3 Å². The Kier molecular flexibility index (Phi) is 11.0. The lowest BCUT2D eigenvalue weighted by atomic mass is 10.1. The molecule has 2 aromatic heterocycles. The normalized spacial score (nSPS) is 11.4. The predicted octanol–water partition coefficient (Wildman–Crippen LogP) is 4.25. The number of aromatic nitrogens is 3. The zero-order valence-electron chi connectivity index (χ0n) is 26.1. The van der Waals surface area contributed by atoms with Gasteiger partial charge in [-0.2, -0.15) is 0 Å². The third-order valence-electron chi connectivity index (χ3n) is 7.67. The van der Waals surface area contributed by atoms with Gasteiger partial charge in [-0.3, -0.25) is 9.48 Å². The van der Waals surface area contributed by atoms with Gasteiger partial charge in [0, 0.05) is 31.9 Å². The number of unbranched alkanes of at least 4 members (excludes halogenated alkanes) is 1. The molecule has 2 heterocycles. The minimum atomic E-state index is -0.466. The molecule has 0 aliphatic carbocycles. The molecule has 0 fully saturated rings. The minimum Gasteiger partial charge on any atom is -0.502 e. The van der Waals surface area contributed by atoms with Crippen molar-refractivity contribution in [3.63, 3.8) is 0 Å². The molecule has 5 rings (SSSR count). The summed E-state index contributed by atoms with van der Waals surface area (Å²) in [6, 6.07) is 16.7. The molecular formula is C34H43N7O4. The molecule has 0 saturated carbocycles. The van der Waals surface area contributed by atoms with Crippen LogP contribution in [-0.2, 0) is 13.2 Å². The van der Waals surface area contributed by atoms with E-state index in [4.69, 9.17) is 14.9 Å². The maximum absolute atomic E-state index is 13.1. The third kappa shape index (κ3) is 8.39. The number of rotatable bonds is 17. The molecular weight excluding hydrogens is 570 g/mol. The number of aryl methyl sites for hydroxylation is 1. The fourth-order valence-electron chi connectivity index (χ4n) is 5.12. The smallest absolute Gasteiger partial charge is 0.235 e. The zero-order valence-corrected chi connectivity index (χ0v) is 26.1. The van der Waals surface area contributed by atoms with Gasteiger partial charge in [-0.05, 0) is 118 Å². The number of benzene rings is 3. The van der Waals surface area contributed by atoms with E-state index in [9.17, 15) is 9.90 Å². The first-order chi connectivity index (χ1) is 21.9. The summed E-state index contributed by atoms with van der Waals surface area (Å²) in [5.41, 5.74) is 7.79. The van der Waals surface area contributed by atoms with Crippen LogP contribution in [0, 0.1) is 0 Å². The van der Waals surface area contributed by atoms with Gasteiger partial charge in [-0.15, -0.1) is 5.10 Å². The summed E-state index contributed by atoms with van der Waals surface area (Å²) < 4.78 is 14.0. The average Bonchev–Trinajstić information content (AvgIpc) is 3.51. The van der Waals surface area contributed by atoms with Crippen LogP contribution in [-0.4, -0.2) is 66.9 Å². The van der Waals surface area contributed by atoms with Gasteiger partial charge in [-0.25, -0.2) is 0 Å². The fraction of sp³-hybridized carbons (Fsp3) is 0.382. The number of aromatic hydroxyl groups is 1. The number of fused-ring (bicyclic) bond motifs is 2. The molecule has 5 N–H and O–H groups in total. The van der Waals surface area contributed by atoms with E-state index in [1.165, 1.54) is 0 Å². The Morgan fingerprint density at radius 3 is 2.40 bits per heavy atom. The second kappa shape index (κ2) is 15.5. The summed E-state index contributed by atoms with van der Waals surface area (Å²) in [6.07, 6.45) is 6.21. The molecule has 0 aliphatic heterocycles. The molecule has 238 valence electrons. The highest BCUT2D eigenvalue weighted by Gasteiger charge is 2.16. The first-order valence-corrected chi connectivity index (χ1v) is 15.6. The van der Waals surface area contributed by atoms with Crippen LogP contribution >= 0.6 is 0 Å². The van der Waals surface area contributed by atoms with Gasteiger partial charge in [0.05, 0.1) is 11.6 Å². The molecule has 0 bridgehead atoms. The van der Waals surface area contributed by atoms with E-state index in [0.717, 1.165) is 87.1 Å². The van der Waals surface area contributed by atoms with Crippen LogP contribution in [0.3, 0.4) is 0 Å². The first-order valence-electron chi connectivity index (χ1n) is 15.6. The molecule has 11 nitrogen and oxygen atoms in total. The molecule has 0 unspecified atom stereocenters. The second-order valence-electron chi connectivity index (χ2n) is 11.4. The molecule has 0 amide bonds. The molecule has 11 heteroatoms. The van der Waals surface area contributed by atoms with E-state index in [-0.39, 0.29) is 12.4 Å². The average molecular weight is 614 g/mol. The molecule has 5 aromatic rings. The van der Waals surface area contributed by atoms with Gasteiger partial charge in [0.25, 0.3) is 0 Å². The van der Waals surface area contributed by atoms with Crippen molar-refractivity contribution in [3.8, 4) is 22.8 Å². The van der Waals surface area contributed by atoms with Crippen molar-refractivity contribution in [1.82, 2.24) is 25.6 Å². The van der Waals surface area contributed by atoms with E-state index in [2.05, 4.69) is 20.9 Å². The monoisotopic (exact) mass is 613 g/mol. The molecule has 0 saturated heterocycles. The maximum atomic E-state index is 13.1. The summed E-state index contributed by atoms with van der Waals surface area (Å²) in [5, 5.41) is 28.1. The van der Waals surface area contributed by atoms with Gasteiger partial charge >= 0.3 is 0 Å². The van der Waals surface area contributed by atoms with Gasteiger partial charge < -0.3 is 35.5 Å². The molecule has 0 spiro atoms. The molecule has 3 aromatic carbocycles. The Morgan fingerprint density at radius 1 is 0.933 bits per heavy atom. The highest BCUT2D eigenvalue weighted by molar-refractivity contribution is 5.97. The van der Waals surface area contributed by atoms with Crippen molar-refractivity contribution in [1.29, 1.82) is 0 Å². The third-order valence-corrected chi connectivity index (χ3v) is 7.67. The standard InChI is InChI=1S/C34H43N7O4/c1-40(2)28-10-7-24(8-11-28)34-33(43)32(42)30-20-25-9-12-29(19-26(25)21-31(30)45-34)44-23-27-22-41(39-38-27)18-6-17-37-15-4-3-14-36-16-5-13-35/h7-12,19-22,36-37,43H,3-6,13-18,23,35H2,1-2H3. The first kappa shape index (κ1) is 32.0. The quantitative estimate of drug-likeness (QED) is 0.0888. The lowest BCUT2D eigenvalue weighted by molar-refractivity contribution is 0.301. The molecule has 0 radical (unpaired) electrons. The van der Waals surface area contributed by atoms with Crippen molar-refractivity contribution < 1.29 is 14.3 Å². The van der Waals surface area contributed by atoms with Crippen LogP contribution in [0.5, 0.6) is 11.5 Å². The highest BCUT2D eigenvalue weighted by Crippen LogP contribution is 2.33. The SMILES string of the molecule is CN(C)c1ccc(-c2oc3cc4cc(OCc5cn(CCCNCCCCNCCCN)nn5)ccc4cc3c(=O)c2O)cc1.